The van der Waals surface area contributed by atoms with Crippen LogP contribution in [0.3, 0.4) is 0 Å². The van der Waals surface area contributed by atoms with Crippen molar-refractivity contribution in [1.82, 2.24) is 9.97 Å². The summed E-state index contributed by atoms with van der Waals surface area (Å²) in [6.45, 7) is 4.22. The van der Waals surface area contributed by atoms with E-state index in [2.05, 4.69) is 46.1 Å². The second-order valence-electron chi connectivity index (χ2n) is 7.43. The molecule has 1 aromatic carbocycles. The van der Waals surface area contributed by atoms with Gasteiger partial charge >= 0.3 is 0 Å². The van der Waals surface area contributed by atoms with Crippen molar-refractivity contribution in [2.75, 3.05) is 18.0 Å². The first kappa shape index (κ1) is 16.9. The average molecular weight is 355 g/mol. The molecule has 4 rings (SSSR count). The quantitative estimate of drug-likeness (QED) is 0.902. The molecular weight excluding hydrogens is 328 g/mol. The Balaban J connectivity index is 1.40. The number of aromatic nitrogens is 2. The number of rotatable bonds is 3. The molecule has 132 valence electrons. The minimum absolute atomic E-state index is 0.393. The van der Waals surface area contributed by atoms with Gasteiger partial charge in [0.1, 0.15) is 10.8 Å². The van der Waals surface area contributed by atoms with Gasteiger partial charge in [-0.05, 0) is 49.7 Å². The van der Waals surface area contributed by atoms with Gasteiger partial charge in [0, 0.05) is 24.0 Å². The molecule has 2 N–H and O–H groups in total. The SMILES string of the molecule is Cc1ccccc1Sc1cnc(N2CCC3(CCCC3N)CC2)cn1. The number of hydrogen-bond donors (Lipinski definition) is 1. The summed E-state index contributed by atoms with van der Waals surface area (Å²) in [5.41, 5.74) is 8.05. The lowest BCUT2D eigenvalue weighted by Gasteiger charge is -2.42. The lowest BCUT2D eigenvalue weighted by atomic mass is 9.74. The summed E-state index contributed by atoms with van der Waals surface area (Å²) < 4.78 is 0. The highest BCUT2D eigenvalue weighted by Crippen LogP contribution is 2.45. The number of hydrogen-bond acceptors (Lipinski definition) is 5. The van der Waals surface area contributed by atoms with Crippen LogP contribution in [0.4, 0.5) is 5.82 Å². The van der Waals surface area contributed by atoms with Gasteiger partial charge in [0.05, 0.1) is 12.4 Å². The standard InChI is InChI=1S/C20H26N4S/c1-15-5-2-3-6-16(15)25-19-14-22-18(13-23-19)24-11-9-20(10-12-24)8-4-7-17(20)21/h2-3,5-6,13-14,17H,4,7-12,21H2,1H3. The second-order valence-corrected chi connectivity index (χ2v) is 8.49. The van der Waals surface area contributed by atoms with E-state index in [0.717, 1.165) is 23.9 Å². The first-order valence-electron chi connectivity index (χ1n) is 9.22. The van der Waals surface area contributed by atoms with E-state index in [1.165, 1.54) is 42.6 Å². The molecule has 4 nitrogen and oxygen atoms in total. The Morgan fingerprint density at radius 3 is 2.56 bits per heavy atom. The van der Waals surface area contributed by atoms with E-state index in [-0.39, 0.29) is 0 Å². The topological polar surface area (TPSA) is 55.0 Å². The van der Waals surface area contributed by atoms with Crippen LogP contribution in [0.25, 0.3) is 0 Å². The molecule has 0 amide bonds. The fourth-order valence-electron chi connectivity index (χ4n) is 4.28. The molecule has 0 radical (unpaired) electrons. The van der Waals surface area contributed by atoms with Crippen LogP contribution in [0.1, 0.15) is 37.7 Å². The maximum Gasteiger partial charge on any atom is 0.147 e. The van der Waals surface area contributed by atoms with E-state index < -0.39 is 0 Å². The summed E-state index contributed by atoms with van der Waals surface area (Å²) in [5.74, 6) is 0.996. The number of nitrogens with two attached hydrogens (primary N) is 1. The Morgan fingerprint density at radius 1 is 1.12 bits per heavy atom. The van der Waals surface area contributed by atoms with Gasteiger partial charge in [0.2, 0.25) is 0 Å². The number of piperidine rings is 1. The van der Waals surface area contributed by atoms with E-state index in [1.807, 2.05) is 12.4 Å². The molecule has 1 aliphatic heterocycles. The molecular formula is C20H26N4S. The van der Waals surface area contributed by atoms with Crippen molar-refractivity contribution in [3.63, 3.8) is 0 Å². The van der Waals surface area contributed by atoms with Gasteiger partial charge in [0.15, 0.2) is 0 Å². The zero-order valence-corrected chi connectivity index (χ0v) is 15.6. The lowest BCUT2D eigenvalue weighted by Crippen LogP contribution is -2.47. The maximum absolute atomic E-state index is 6.38. The summed E-state index contributed by atoms with van der Waals surface area (Å²) in [4.78, 5) is 12.9. The third kappa shape index (κ3) is 3.40. The molecule has 1 saturated carbocycles. The number of nitrogens with zero attached hydrogens (tertiary/aromatic N) is 3. The Hall–Kier alpha value is -1.59. The largest absolute Gasteiger partial charge is 0.355 e. The van der Waals surface area contributed by atoms with E-state index in [4.69, 9.17) is 5.73 Å². The van der Waals surface area contributed by atoms with Crippen LogP contribution in [-0.4, -0.2) is 29.1 Å². The molecule has 1 unspecified atom stereocenters. The first-order chi connectivity index (χ1) is 12.2. The van der Waals surface area contributed by atoms with Crippen LogP contribution >= 0.6 is 11.8 Å². The summed E-state index contributed by atoms with van der Waals surface area (Å²) in [7, 11) is 0. The van der Waals surface area contributed by atoms with Crippen molar-refractivity contribution >= 4 is 17.6 Å². The van der Waals surface area contributed by atoms with Gasteiger partial charge in [-0.1, -0.05) is 36.4 Å². The second kappa shape index (κ2) is 6.96. The minimum atomic E-state index is 0.393. The Labute approximate surface area is 154 Å². The lowest BCUT2D eigenvalue weighted by molar-refractivity contribution is 0.197. The summed E-state index contributed by atoms with van der Waals surface area (Å²) in [6.07, 6.45) is 10.0. The molecule has 2 heterocycles. The summed E-state index contributed by atoms with van der Waals surface area (Å²) in [6, 6.07) is 8.78. The van der Waals surface area contributed by atoms with Crippen molar-refractivity contribution in [2.45, 2.75) is 55.0 Å². The molecule has 2 aliphatic rings. The molecule has 1 spiro atoms. The predicted octanol–water partition coefficient (Wildman–Crippen LogP) is 4.03. The van der Waals surface area contributed by atoms with E-state index in [0.29, 0.717) is 11.5 Å². The molecule has 1 atom stereocenters. The van der Waals surface area contributed by atoms with Crippen molar-refractivity contribution < 1.29 is 0 Å². The monoisotopic (exact) mass is 354 g/mol. The van der Waals surface area contributed by atoms with E-state index >= 15 is 0 Å². The molecule has 2 fully saturated rings. The van der Waals surface area contributed by atoms with E-state index in [9.17, 15) is 0 Å². The summed E-state index contributed by atoms with van der Waals surface area (Å²) in [5, 5.41) is 0.948. The highest BCUT2D eigenvalue weighted by atomic mass is 32.2. The van der Waals surface area contributed by atoms with Gasteiger partial charge in [-0.25, -0.2) is 9.97 Å². The zero-order chi connectivity index (χ0) is 17.3. The first-order valence-corrected chi connectivity index (χ1v) is 10.0. The van der Waals surface area contributed by atoms with Crippen molar-refractivity contribution in [3.05, 3.63) is 42.2 Å². The number of aryl methyl sites for hydroxylation is 1. The minimum Gasteiger partial charge on any atom is -0.355 e. The predicted molar refractivity (Wildman–Crippen MR) is 103 cm³/mol. The van der Waals surface area contributed by atoms with Crippen LogP contribution < -0.4 is 10.6 Å². The molecule has 1 saturated heterocycles. The third-order valence-electron chi connectivity index (χ3n) is 5.98. The highest BCUT2D eigenvalue weighted by Gasteiger charge is 2.42. The molecule has 2 aromatic rings. The van der Waals surface area contributed by atoms with Crippen molar-refractivity contribution in [3.8, 4) is 0 Å². The fraction of sp³-hybridized carbons (Fsp3) is 0.500. The fourth-order valence-corrected chi connectivity index (χ4v) is 5.09. The Bertz CT molecular complexity index is 723. The Kier molecular flexibility index (Phi) is 4.69. The molecule has 0 bridgehead atoms. The van der Waals surface area contributed by atoms with Gasteiger partial charge in [-0.15, -0.1) is 0 Å². The van der Waals surface area contributed by atoms with E-state index in [1.54, 1.807) is 11.8 Å². The summed E-state index contributed by atoms with van der Waals surface area (Å²) >= 11 is 1.68. The van der Waals surface area contributed by atoms with Crippen LogP contribution in [0.2, 0.25) is 0 Å². The Morgan fingerprint density at radius 2 is 1.92 bits per heavy atom. The molecule has 1 aliphatic carbocycles. The van der Waals surface area contributed by atoms with Crippen LogP contribution in [-0.2, 0) is 0 Å². The van der Waals surface area contributed by atoms with Crippen LogP contribution in [0.15, 0.2) is 46.6 Å². The molecule has 1 aromatic heterocycles. The molecule has 5 heteroatoms. The highest BCUT2D eigenvalue weighted by molar-refractivity contribution is 7.99. The van der Waals surface area contributed by atoms with Crippen molar-refractivity contribution in [1.29, 1.82) is 0 Å². The normalized spacial score (nSPS) is 22.5. The van der Waals surface area contributed by atoms with Crippen LogP contribution in [0, 0.1) is 12.3 Å². The number of benzene rings is 1. The zero-order valence-electron chi connectivity index (χ0n) is 14.8. The van der Waals surface area contributed by atoms with Gasteiger partial charge in [-0.2, -0.15) is 0 Å². The number of anilines is 1. The van der Waals surface area contributed by atoms with Gasteiger partial charge in [-0.3, -0.25) is 0 Å². The van der Waals surface area contributed by atoms with Gasteiger partial charge in [0.25, 0.3) is 0 Å². The van der Waals surface area contributed by atoms with Crippen molar-refractivity contribution in [2.24, 2.45) is 11.1 Å². The van der Waals surface area contributed by atoms with Gasteiger partial charge < -0.3 is 10.6 Å². The third-order valence-corrected chi connectivity index (χ3v) is 7.08. The average Bonchev–Trinajstić information content (AvgIpc) is 2.99. The maximum atomic E-state index is 6.38. The smallest absolute Gasteiger partial charge is 0.147 e. The molecule has 25 heavy (non-hydrogen) atoms. The van der Waals surface area contributed by atoms with Crippen LogP contribution in [0.5, 0.6) is 0 Å².